The molecule has 3 heterocycles. The molecule has 33 heavy (non-hydrogen) atoms. The molecule has 0 N–H and O–H groups in total. The van der Waals surface area contributed by atoms with E-state index in [9.17, 15) is 4.79 Å². The van der Waals surface area contributed by atoms with Crippen LogP contribution < -0.4 is 14.9 Å². The van der Waals surface area contributed by atoms with Crippen LogP contribution in [-0.2, 0) is 0 Å². The van der Waals surface area contributed by atoms with Crippen LogP contribution in [0.4, 0.5) is 0 Å². The molecule has 2 aliphatic heterocycles. The minimum Gasteiger partial charge on any atom is -0.492 e. The third-order valence-electron chi connectivity index (χ3n) is 6.87. The molecule has 6 heteroatoms. The van der Waals surface area contributed by atoms with Gasteiger partial charge in [0, 0.05) is 33.3 Å². The molecule has 176 valence electrons. The fourth-order valence-electron chi connectivity index (χ4n) is 4.94. The summed E-state index contributed by atoms with van der Waals surface area (Å²) in [5.41, 5.74) is 0.0819. The molecule has 0 saturated carbocycles. The summed E-state index contributed by atoms with van der Waals surface area (Å²) in [6.45, 7) is 8.00. The number of benzene rings is 2. The molecule has 2 fully saturated rings. The molecule has 0 atom stereocenters. The number of hydrogen-bond donors (Lipinski definition) is 0. The maximum absolute atomic E-state index is 13.1. The number of hydrogen-bond acceptors (Lipinski definition) is 6. The van der Waals surface area contributed by atoms with E-state index in [2.05, 4.69) is 9.80 Å². The lowest BCUT2D eigenvalue weighted by Crippen LogP contribution is -2.33. The van der Waals surface area contributed by atoms with E-state index in [-0.39, 0.29) is 5.43 Å². The second-order valence-corrected chi connectivity index (χ2v) is 10.3. The van der Waals surface area contributed by atoms with Gasteiger partial charge in [-0.2, -0.15) is 0 Å². The Balaban J connectivity index is 1.26. The van der Waals surface area contributed by atoms with Crippen LogP contribution in [0.1, 0.15) is 38.5 Å². The Kier molecular flexibility index (Phi) is 7.44. The molecule has 5 nitrogen and oxygen atoms in total. The zero-order chi connectivity index (χ0) is 22.5. The van der Waals surface area contributed by atoms with Crippen LogP contribution in [0, 0.1) is 0 Å². The summed E-state index contributed by atoms with van der Waals surface area (Å²) in [4.78, 5) is 18.0. The molecule has 2 saturated heterocycles. The van der Waals surface area contributed by atoms with Crippen LogP contribution in [0.15, 0.2) is 41.2 Å². The van der Waals surface area contributed by atoms with E-state index in [0.29, 0.717) is 13.2 Å². The normalized spacial score (nSPS) is 18.1. The summed E-state index contributed by atoms with van der Waals surface area (Å²) in [6.07, 6.45) is 7.87. The number of nitrogens with zero attached hydrogens (tertiary/aromatic N) is 2. The molecule has 0 amide bonds. The van der Waals surface area contributed by atoms with Crippen LogP contribution in [0.5, 0.6) is 11.5 Å². The lowest BCUT2D eigenvalue weighted by atomic mass is 10.1. The SMILES string of the molecule is O=c1c2ccc(OCCN3CCCCC3)cc2sc2cc(OCCN3CCCCC3)ccc12. The molecule has 2 aliphatic rings. The van der Waals surface area contributed by atoms with Gasteiger partial charge in [0.2, 0.25) is 0 Å². The molecule has 0 unspecified atom stereocenters. The summed E-state index contributed by atoms with van der Waals surface area (Å²) in [5.74, 6) is 1.67. The highest BCUT2D eigenvalue weighted by Gasteiger charge is 2.12. The molecule has 1 aromatic heterocycles. The third kappa shape index (κ3) is 5.68. The maximum atomic E-state index is 13.1. The molecular formula is C27H34N2O3S. The van der Waals surface area contributed by atoms with Gasteiger partial charge in [-0.05, 0) is 88.3 Å². The average molecular weight is 467 g/mol. The highest BCUT2D eigenvalue weighted by atomic mass is 32.1. The average Bonchev–Trinajstić information content (AvgIpc) is 2.85. The Morgan fingerprint density at radius 1 is 0.667 bits per heavy atom. The predicted molar refractivity (Wildman–Crippen MR) is 137 cm³/mol. The maximum Gasteiger partial charge on any atom is 0.195 e. The standard InChI is InChI=1S/C27H34N2O3S/c30-27-23-9-7-21(31-17-15-28-11-3-1-4-12-28)19-25(23)33-26-20-22(8-10-24(26)27)32-18-16-29-13-5-2-6-14-29/h7-10,19-20H,1-6,11-18H2. The van der Waals surface area contributed by atoms with Gasteiger partial charge in [-0.1, -0.05) is 12.8 Å². The minimum absolute atomic E-state index is 0.0819. The zero-order valence-electron chi connectivity index (χ0n) is 19.4. The number of ether oxygens (including phenoxy) is 2. The first-order chi connectivity index (χ1) is 16.3. The van der Waals surface area contributed by atoms with Crippen molar-refractivity contribution >= 4 is 31.5 Å². The highest BCUT2D eigenvalue weighted by Crippen LogP contribution is 2.30. The Morgan fingerprint density at radius 3 is 1.58 bits per heavy atom. The summed E-state index contributed by atoms with van der Waals surface area (Å²) in [7, 11) is 0. The number of piperidine rings is 2. The minimum atomic E-state index is 0.0819. The van der Waals surface area contributed by atoms with Crippen LogP contribution in [0.3, 0.4) is 0 Å². The van der Waals surface area contributed by atoms with Crippen LogP contribution in [-0.4, -0.2) is 62.3 Å². The topological polar surface area (TPSA) is 42.0 Å². The lowest BCUT2D eigenvalue weighted by Gasteiger charge is -2.26. The Labute approximate surface area is 199 Å². The van der Waals surface area contributed by atoms with Gasteiger partial charge in [-0.3, -0.25) is 14.6 Å². The first-order valence-corrected chi connectivity index (χ1v) is 13.3. The first kappa shape index (κ1) is 22.6. The monoisotopic (exact) mass is 466 g/mol. The van der Waals surface area contributed by atoms with Crippen molar-refractivity contribution in [3.63, 3.8) is 0 Å². The number of rotatable bonds is 8. The van der Waals surface area contributed by atoms with Crippen LogP contribution in [0.2, 0.25) is 0 Å². The van der Waals surface area contributed by atoms with Gasteiger partial charge >= 0.3 is 0 Å². The summed E-state index contributed by atoms with van der Waals surface area (Å²) < 4.78 is 14.0. The van der Waals surface area contributed by atoms with E-state index in [1.165, 1.54) is 64.7 Å². The lowest BCUT2D eigenvalue weighted by molar-refractivity contribution is 0.183. The fourth-order valence-corrected chi connectivity index (χ4v) is 6.07. The van der Waals surface area contributed by atoms with E-state index in [4.69, 9.17) is 9.47 Å². The van der Waals surface area contributed by atoms with Crippen molar-refractivity contribution in [2.24, 2.45) is 0 Å². The van der Waals surface area contributed by atoms with E-state index < -0.39 is 0 Å². The second-order valence-electron chi connectivity index (χ2n) is 9.25. The van der Waals surface area contributed by atoms with Gasteiger partial charge in [0.1, 0.15) is 24.7 Å². The molecule has 0 radical (unpaired) electrons. The Bertz CT molecular complexity index is 1050. The second kappa shape index (κ2) is 10.9. The van der Waals surface area contributed by atoms with Crippen molar-refractivity contribution in [2.45, 2.75) is 38.5 Å². The van der Waals surface area contributed by atoms with Gasteiger partial charge in [0.25, 0.3) is 0 Å². The van der Waals surface area contributed by atoms with Crippen LogP contribution >= 0.6 is 11.3 Å². The van der Waals surface area contributed by atoms with Gasteiger partial charge in [0.15, 0.2) is 5.43 Å². The van der Waals surface area contributed by atoms with E-state index in [1.54, 1.807) is 11.3 Å². The van der Waals surface area contributed by atoms with E-state index >= 15 is 0 Å². The first-order valence-electron chi connectivity index (χ1n) is 12.5. The van der Waals surface area contributed by atoms with Crippen molar-refractivity contribution in [1.82, 2.24) is 9.80 Å². The Morgan fingerprint density at radius 2 is 1.12 bits per heavy atom. The fraction of sp³-hybridized carbons (Fsp3) is 0.519. The molecule has 3 aromatic rings. The largest absolute Gasteiger partial charge is 0.492 e. The molecular weight excluding hydrogens is 432 g/mol. The molecule has 0 aliphatic carbocycles. The van der Waals surface area contributed by atoms with E-state index in [0.717, 1.165) is 44.8 Å². The molecule has 5 rings (SSSR count). The Hall–Kier alpha value is -2.15. The van der Waals surface area contributed by atoms with Crippen molar-refractivity contribution in [1.29, 1.82) is 0 Å². The quantitative estimate of drug-likeness (QED) is 0.430. The molecule has 0 spiro atoms. The van der Waals surface area contributed by atoms with Gasteiger partial charge < -0.3 is 9.47 Å². The van der Waals surface area contributed by atoms with Gasteiger partial charge in [-0.25, -0.2) is 0 Å². The van der Waals surface area contributed by atoms with Crippen molar-refractivity contribution in [3.8, 4) is 11.5 Å². The van der Waals surface area contributed by atoms with Crippen molar-refractivity contribution < 1.29 is 9.47 Å². The summed E-state index contributed by atoms with van der Waals surface area (Å²) in [6, 6.07) is 11.7. The summed E-state index contributed by atoms with van der Waals surface area (Å²) in [5, 5.41) is 1.52. The number of likely N-dealkylation sites (tertiary alicyclic amines) is 2. The molecule has 2 aromatic carbocycles. The van der Waals surface area contributed by atoms with Crippen molar-refractivity contribution in [3.05, 3.63) is 46.6 Å². The van der Waals surface area contributed by atoms with Crippen LogP contribution in [0.25, 0.3) is 20.2 Å². The summed E-state index contributed by atoms with van der Waals surface area (Å²) >= 11 is 1.64. The zero-order valence-corrected chi connectivity index (χ0v) is 20.2. The van der Waals surface area contributed by atoms with Gasteiger partial charge in [0.05, 0.1) is 0 Å². The predicted octanol–water partition coefficient (Wildman–Crippen LogP) is 5.14. The van der Waals surface area contributed by atoms with E-state index in [1.807, 2.05) is 36.4 Å². The highest BCUT2D eigenvalue weighted by molar-refractivity contribution is 7.24. The van der Waals surface area contributed by atoms with Crippen molar-refractivity contribution in [2.75, 3.05) is 52.5 Å². The molecule has 0 bridgehead atoms. The number of fused-ring (bicyclic) bond motifs is 2. The third-order valence-corrected chi connectivity index (χ3v) is 7.98. The van der Waals surface area contributed by atoms with Gasteiger partial charge in [-0.15, -0.1) is 11.3 Å². The smallest absolute Gasteiger partial charge is 0.195 e.